The van der Waals surface area contributed by atoms with Crippen LogP contribution >= 0.6 is 0 Å². The standard InChI is InChI=1S/C9H18N2O/c1-9(2,3)7-5-4-6-11(7)8(10)12/h7H,4-6H2,1-3H3,(H2,10,12). The molecule has 0 saturated carbocycles. The predicted octanol–water partition coefficient (Wildman–Crippen LogP) is 1.58. The van der Waals surface area contributed by atoms with Gasteiger partial charge < -0.3 is 10.6 Å². The van der Waals surface area contributed by atoms with Crippen LogP contribution in [-0.4, -0.2) is 23.5 Å². The lowest BCUT2D eigenvalue weighted by molar-refractivity contribution is 0.153. The van der Waals surface area contributed by atoms with E-state index in [1.807, 2.05) is 0 Å². The van der Waals surface area contributed by atoms with Gasteiger partial charge in [-0.25, -0.2) is 4.79 Å². The average Bonchev–Trinajstić information content (AvgIpc) is 2.30. The van der Waals surface area contributed by atoms with Crippen LogP contribution < -0.4 is 5.73 Å². The summed E-state index contributed by atoms with van der Waals surface area (Å²) in [6, 6.07) is 0.0578. The van der Waals surface area contributed by atoms with Gasteiger partial charge >= 0.3 is 6.03 Å². The molecule has 1 heterocycles. The third-order valence-electron chi connectivity index (χ3n) is 2.54. The molecule has 0 aromatic heterocycles. The van der Waals surface area contributed by atoms with E-state index in [-0.39, 0.29) is 11.4 Å². The summed E-state index contributed by atoms with van der Waals surface area (Å²) < 4.78 is 0. The lowest BCUT2D eigenvalue weighted by Crippen LogP contribution is -2.45. The molecular formula is C9H18N2O. The van der Waals surface area contributed by atoms with Crippen LogP contribution in [0.25, 0.3) is 0 Å². The molecule has 1 aliphatic heterocycles. The van der Waals surface area contributed by atoms with Crippen molar-refractivity contribution in [2.45, 2.75) is 39.7 Å². The summed E-state index contributed by atoms with van der Waals surface area (Å²) >= 11 is 0. The molecule has 1 saturated heterocycles. The molecule has 0 bridgehead atoms. The van der Waals surface area contributed by atoms with Crippen molar-refractivity contribution < 1.29 is 4.79 Å². The zero-order valence-corrected chi connectivity index (χ0v) is 8.13. The van der Waals surface area contributed by atoms with Crippen LogP contribution in [0.2, 0.25) is 0 Å². The number of rotatable bonds is 0. The van der Waals surface area contributed by atoms with Gasteiger partial charge in [0, 0.05) is 12.6 Å². The van der Waals surface area contributed by atoms with Gasteiger partial charge in [-0.2, -0.15) is 0 Å². The van der Waals surface area contributed by atoms with Crippen LogP contribution in [-0.2, 0) is 0 Å². The lowest BCUT2D eigenvalue weighted by atomic mass is 9.85. The highest BCUT2D eigenvalue weighted by Gasteiger charge is 2.35. The molecule has 2 amide bonds. The molecule has 0 radical (unpaired) electrons. The number of amides is 2. The first-order chi connectivity index (χ1) is 5.43. The van der Waals surface area contributed by atoms with Crippen LogP contribution in [0.3, 0.4) is 0 Å². The van der Waals surface area contributed by atoms with Crippen LogP contribution in [0.15, 0.2) is 0 Å². The van der Waals surface area contributed by atoms with Gasteiger partial charge in [-0.3, -0.25) is 0 Å². The number of primary amides is 1. The van der Waals surface area contributed by atoms with Gasteiger partial charge in [0.2, 0.25) is 0 Å². The molecule has 3 nitrogen and oxygen atoms in total. The van der Waals surface area contributed by atoms with E-state index in [1.54, 1.807) is 4.90 Å². The Bertz CT molecular complexity index is 183. The fraction of sp³-hybridized carbons (Fsp3) is 0.889. The Morgan fingerprint density at radius 2 is 2.08 bits per heavy atom. The number of urea groups is 1. The summed E-state index contributed by atoms with van der Waals surface area (Å²) in [5, 5.41) is 0. The van der Waals surface area contributed by atoms with E-state index in [0.717, 1.165) is 19.4 Å². The van der Waals surface area contributed by atoms with Gasteiger partial charge in [0.15, 0.2) is 0 Å². The Hall–Kier alpha value is -0.730. The molecule has 3 heteroatoms. The summed E-state index contributed by atoms with van der Waals surface area (Å²) in [5.74, 6) is 0. The molecule has 1 atom stereocenters. The molecule has 70 valence electrons. The van der Waals surface area contributed by atoms with Crippen molar-refractivity contribution in [1.29, 1.82) is 0 Å². The smallest absolute Gasteiger partial charge is 0.315 e. The summed E-state index contributed by atoms with van der Waals surface area (Å²) in [4.78, 5) is 12.8. The minimum atomic E-state index is -0.271. The number of likely N-dealkylation sites (tertiary alicyclic amines) is 1. The third-order valence-corrected chi connectivity index (χ3v) is 2.54. The molecule has 12 heavy (non-hydrogen) atoms. The zero-order chi connectivity index (χ0) is 9.35. The van der Waals surface area contributed by atoms with Crippen LogP contribution in [0.4, 0.5) is 4.79 Å². The van der Waals surface area contributed by atoms with E-state index >= 15 is 0 Å². The van der Waals surface area contributed by atoms with Crippen molar-refractivity contribution in [3.05, 3.63) is 0 Å². The molecule has 1 rings (SSSR count). The first kappa shape index (κ1) is 9.36. The number of carbonyl (C=O) groups excluding carboxylic acids is 1. The van der Waals surface area contributed by atoms with Crippen LogP contribution in [0, 0.1) is 5.41 Å². The van der Waals surface area contributed by atoms with Gasteiger partial charge in [-0.05, 0) is 18.3 Å². The highest BCUT2D eigenvalue weighted by molar-refractivity contribution is 5.72. The third kappa shape index (κ3) is 1.71. The Morgan fingerprint density at radius 3 is 2.42 bits per heavy atom. The summed E-state index contributed by atoms with van der Waals surface area (Å²) in [6.07, 6.45) is 2.18. The van der Waals surface area contributed by atoms with E-state index < -0.39 is 0 Å². The maximum absolute atomic E-state index is 11.0. The highest BCUT2D eigenvalue weighted by Crippen LogP contribution is 2.32. The van der Waals surface area contributed by atoms with E-state index in [9.17, 15) is 4.79 Å². The zero-order valence-electron chi connectivity index (χ0n) is 8.13. The van der Waals surface area contributed by atoms with Crippen molar-refractivity contribution in [1.82, 2.24) is 4.90 Å². The molecule has 0 aromatic carbocycles. The van der Waals surface area contributed by atoms with Gasteiger partial charge in [0.25, 0.3) is 0 Å². The second-order valence-corrected chi connectivity index (χ2v) is 4.56. The normalized spacial score (nSPS) is 24.6. The average molecular weight is 170 g/mol. The number of hydrogen-bond acceptors (Lipinski definition) is 1. The monoisotopic (exact) mass is 170 g/mol. The molecule has 0 spiro atoms. The maximum atomic E-state index is 11.0. The molecule has 1 unspecified atom stereocenters. The number of hydrogen-bond donors (Lipinski definition) is 1. The Balaban J connectivity index is 2.71. The fourth-order valence-corrected chi connectivity index (χ4v) is 1.93. The van der Waals surface area contributed by atoms with Crippen LogP contribution in [0.5, 0.6) is 0 Å². The van der Waals surface area contributed by atoms with Crippen molar-refractivity contribution in [2.75, 3.05) is 6.54 Å². The molecule has 1 aliphatic rings. The minimum Gasteiger partial charge on any atom is -0.351 e. The lowest BCUT2D eigenvalue weighted by Gasteiger charge is -2.33. The van der Waals surface area contributed by atoms with Crippen molar-refractivity contribution in [3.63, 3.8) is 0 Å². The SMILES string of the molecule is CC(C)(C)C1CCCN1C(N)=O. The summed E-state index contributed by atoms with van der Waals surface area (Å²) in [6.45, 7) is 7.29. The summed E-state index contributed by atoms with van der Waals surface area (Å²) in [5.41, 5.74) is 5.43. The van der Waals surface area contributed by atoms with E-state index in [0.29, 0.717) is 6.04 Å². The summed E-state index contributed by atoms with van der Waals surface area (Å²) in [7, 11) is 0. The van der Waals surface area contributed by atoms with Gasteiger partial charge in [-0.1, -0.05) is 20.8 Å². The van der Waals surface area contributed by atoms with E-state index in [2.05, 4.69) is 20.8 Å². The van der Waals surface area contributed by atoms with Gasteiger partial charge in [0.1, 0.15) is 0 Å². The molecule has 0 aliphatic carbocycles. The second-order valence-electron chi connectivity index (χ2n) is 4.56. The predicted molar refractivity (Wildman–Crippen MR) is 48.8 cm³/mol. The second kappa shape index (κ2) is 2.96. The largest absolute Gasteiger partial charge is 0.351 e. The number of carbonyl (C=O) groups is 1. The maximum Gasteiger partial charge on any atom is 0.315 e. The van der Waals surface area contributed by atoms with Gasteiger partial charge in [0.05, 0.1) is 0 Å². The highest BCUT2D eigenvalue weighted by atomic mass is 16.2. The van der Waals surface area contributed by atoms with Crippen molar-refractivity contribution in [2.24, 2.45) is 11.1 Å². The van der Waals surface area contributed by atoms with Crippen LogP contribution in [0.1, 0.15) is 33.6 Å². The first-order valence-electron chi connectivity index (χ1n) is 4.49. The van der Waals surface area contributed by atoms with E-state index in [1.165, 1.54) is 0 Å². The number of nitrogens with two attached hydrogens (primary N) is 1. The fourth-order valence-electron chi connectivity index (χ4n) is 1.93. The van der Waals surface area contributed by atoms with Gasteiger partial charge in [-0.15, -0.1) is 0 Å². The van der Waals surface area contributed by atoms with Crippen molar-refractivity contribution in [3.8, 4) is 0 Å². The molecule has 1 fully saturated rings. The van der Waals surface area contributed by atoms with Crippen molar-refractivity contribution >= 4 is 6.03 Å². The Morgan fingerprint density at radius 1 is 1.50 bits per heavy atom. The molecule has 2 N–H and O–H groups in total. The van der Waals surface area contributed by atoms with E-state index in [4.69, 9.17) is 5.73 Å². The topological polar surface area (TPSA) is 46.3 Å². The Kier molecular flexibility index (Phi) is 2.31. The number of nitrogens with zero attached hydrogens (tertiary/aromatic N) is 1. The minimum absolute atomic E-state index is 0.158. The quantitative estimate of drug-likeness (QED) is 0.589. The molecular weight excluding hydrogens is 152 g/mol. The first-order valence-corrected chi connectivity index (χ1v) is 4.49. The molecule has 0 aromatic rings. The Labute approximate surface area is 73.9 Å².